The van der Waals surface area contributed by atoms with Crippen molar-refractivity contribution in [3.8, 4) is 0 Å². The number of nitrogens with one attached hydrogen (secondary N) is 1. The van der Waals surface area contributed by atoms with Gasteiger partial charge in [0.05, 0.1) is 4.92 Å². The van der Waals surface area contributed by atoms with E-state index >= 15 is 0 Å². The zero-order valence-electron chi connectivity index (χ0n) is 11.0. The van der Waals surface area contributed by atoms with Gasteiger partial charge in [-0.1, -0.05) is 28.1 Å². The Morgan fingerprint density at radius 3 is 2.48 bits per heavy atom. The summed E-state index contributed by atoms with van der Waals surface area (Å²) in [7, 11) is 0. The van der Waals surface area contributed by atoms with Gasteiger partial charge in [0.2, 0.25) is 0 Å². The average Bonchev–Trinajstić information content (AvgIpc) is 2.38. The molecule has 0 aliphatic rings. The van der Waals surface area contributed by atoms with Gasteiger partial charge in [-0.3, -0.25) is 10.1 Å². The van der Waals surface area contributed by atoms with Crippen LogP contribution in [0.2, 0.25) is 0 Å². The minimum absolute atomic E-state index is 0.0222. The summed E-state index contributed by atoms with van der Waals surface area (Å²) < 4.78 is 27.7. The van der Waals surface area contributed by atoms with Gasteiger partial charge in [0, 0.05) is 22.6 Å². The van der Waals surface area contributed by atoms with Crippen LogP contribution in [-0.2, 0) is 6.54 Å². The average molecular weight is 357 g/mol. The zero-order chi connectivity index (χ0) is 15.6. The van der Waals surface area contributed by atoms with Gasteiger partial charge in [0.15, 0.2) is 0 Å². The third-order valence-corrected chi connectivity index (χ3v) is 3.53. The van der Waals surface area contributed by atoms with E-state index in [1.165, 1.54) is 12.1 Å². The molecule has 0 unspecified atom stereocenters. The van der Waals surface area contributed by atoms with Crippen LogP contribution in [0.3, 0.4) is 0 Å². The Morgan fingerprint density at radius 2 is 1.90 bits per heavy atom. The molecule has 0 heterocycles. The first-order valence-corrected chi connectivity index (χ1v) is 6.80. The predicted molar refractivity (Wildman–Crippen MR) is 79.2 cm³/mol. The van der Waals surface area contributed by atoms with E-state index in [1.54, 1.807) is 13.0 Å². The van der Waals surface area contributed by atoms with E-state index in [4.69, 9.17) is 0 Å². The van der Waals surface area contributed by atoms with Crippen molar-refractivity contribution in [2.45, 2.75) is 13.5 Å². The molecule has 2 aromatic carbocycles. The fourth-order valence-electron chi connectivity index (χ4n) is 1.95. The van der Waals surface area contributed by atoms with Crippen molar-refractivity contribution in [2.75, 3.05) is 5.32 Å². The number of rotatable bonds is 4. The van der Waals surface area contributed by atoms with E-state index in [9.17, 15) is 18.9 Å². The van der Waals surface area contributed by atoms with Crippen molar-refractivity contribution in [3.05, 3.63) is 67.7 Å². The van der Waals surface area contributed by atoms with Gasteiger partial charge in [0.25, 0.3) is 5.69 Å². The third kappa shape index (κ3) is 3.36. The number of nitro groups is 1. The fraction of sp³-hybridized carbons (Fsp3) is 0.143. The monoisotopic (exact) mass is 356 g/mol. The fourth-order valence-corrected chi connectivity index (χ4v) is 2.36. The molecular formula is C14H11BrF2N2O2. The first-order chi connectivity index (χ1) is 9.90. The third-order valence-electron chi connectivity index (χ3n) is 3.08. The Kier molecular flexibility index (Phi) is 4.52. The molecule has 0 spiro atoms. The molecule has 0 saturated carbocycles. The van der Waals surface area contributed by atoms with Gasteiger partial charge in [-0.2, -0.15) is 0 Å². The highest BCUT2D eigenvalue weighted by Gasteiger charge is 2.15. The molecule has 2 rings (SSSR count). The van der Waals surface area contributed by atoms with Gasteiger partial charge in [-0.05, 0) is 24.6 Å². The van der Waals surface area contributed by atoms with Crippen LogP contribution in [0.4, 0.5) is 20.2 Å². The summed E-state index contributed by atoms with van der Waals surface area (Å²) >= 11 is 3.00. The van der Waals surface area contributed by atoms with Crippen molar-refractivity contribution < 1.29 is 13.7 Å². The van der Waals surface area contributed by atoms with E-state index in [2.05, 4.69) is 21.2 Å². The number of anilines is 1. The summed E-state index contributed by atoms with van der Waals surface area (Å²) in [5, 5.41) is 13.5. The van der Waals surface area contributed by atoms with Crippen LogP contribution < -0.4 is 5.32 Å². The molecule has 0 radical (unpaired) electrons. The van der Waals surface area contributed by atoms with E-state index < -0.39 is 16.6 Å². The lowest BCUT2D eigenvalue weighted by Gasteiger charge is -2.11. The minimum Gasteiger partial charge on any atom is -0.376 e. The maximum absolute atomic E-state index is 13.7. The molecule has 0 fully saturated rings. The summed E-state index contributed by atoms with van der Waals surface area (Å²) in [4.78, 5) is 10.4. The summed E-state index contributed by atoms with van der Waals surface area (Å²) in [6.07, 6.45) is 0. The lowest BCUT2D eigenvalue weighted by Crippen LogP contribution is -2.06. The smallest absolute Gasteiger partial charge is 0.272 e. The van der Waals surface area contributed by atoms with Crippen molar-refractivity contribution in [3.63, 3.8) is 0 Å². The van der Waals surface area contributed by atoms with E-state index in [0.29, 0.717) is 15.6 Å². The van der Waals surface area contributed by atoms with Crippen LogP contribution in [0.1, 0.15) is 11.1 Å². The predicted octanol–water partition coefficient (Wildman–Crippen LogP) is 4.56. The molecule has 0 aliphatic heterocycles. The molecule has 0 saturated heterocycles. The van der Waals surface area contributed by atoms with Crippen molar-refractivity contribution in [1.82, 2.24) is 0 Å². The lowest BCUT2D eigenvalue weighted by atomic mass is 10.1. The summed E-state index contributed by atoms with van der Waals surface area (Å²) in [6, 6.07) is 6.89. The van der Waals surface area contributed by atoms with Crippen molar-refractivity contribution in [2.24, 2.45) is 0 Å². The van der Waals surface area contributed by atoms with Crippen LogP contribution in [0.15, 0.2) is 34.8 Å². The van der Waals surface area contributed by atoms with Crippen LogP contribution in [0, 0.1) is 28.7 Å². The number of hydrogen-bond donors (Lipinski definition) is 1. The molecule has 2 aromatic rings. The second kappa shape index (κ2) is 6.17. The highest BCUT2D eigenvalue weighted by molar-refractivity contribution is 9.10. The second-order valence-corrected chi connectivity index (χ2v) is 5.33. The van der Waals surface area contributed by atoms with E-state index in [0.717, 1.165) is 12.1 Å². The molecule has 110 valence electrons. The molecule has 0 amide bonds. The lowest BCUT2D eigenvalue weighted by molar-refractivity contribution is -0.385. The first kappa shape index (κ1) is 15.4. The highest BCUT2D eigenvalue weighted by atomic mass is 79.9. The number of benzene rings is 2. The minimum atomic E-state index is -0.732. The second-order valence-electron chi connectivity index (χ2n) is 4.42. The van der Waals surface area contributed by atoms with Crippen LogP contribution >= 0.6 is 15.9 Å². The summed E-state index contributed by atoms with van der Waals surface area (Å²) in [5.74, 6) is -1.46. The Labute approximate surface area is 128 Å². The van der Waals surface area contributed by atoms with Crippen LogP contribution in [0.5, 0.6) is 0 Å². The SMILES string of the molecule is Cc1c(CNc2c(F)cc(Br)cc2F)cccc1[N+](=O)[O-]. The molecule has 21 heavy (non-hydrogen) atoms. The van der Waals surface area contributed by atoms with Crippen LogP contribution in [-0.4, -0.2) is 4.92 Å². The standard InChI is InChI=1S/C14H11BrF2N2O2/c1-8-9(3-2-4-13(8)19(20)21)7-18-14-11(16)5-10(15)6-12(14)17/h2-6,18H,7H2,1H3. The van der Waals surface area contributed by atoms with Gasteiger partial charge in [-0.25, -0.2) is 8.78 Å². The van der Waals surface area contributed by atoms with Gasteiger partial charge in [0.1, 0.15) is 17.3 Å². The van der Waals surface area contributed by atoms with Gasteiger partial charge in [-0.15, -0.1) is 0 Å². The van der Waals surface area contributed by atoms with E-state index in [-0.39, 0.29) is 17.9 Å². The Bertz CT molecular complexity index is 684. The van der Waals surface area contributed by atoms with E-state index in [1.807, 2.05) is 0 Å². The van der Waals surface area contributed by atoms with Crippen molar-refractivity contribution in [1.29, 1.82) is 0 Å². The molecule has 7 heteroatoms. The maximum atomic E-state index is 13.7. The normalized spacial score (nSPS) is 10.5. The maximum Gasteiger partial charge on any atom is 0.272 e. The Hall–Kier alpha value is -2.02. The molecule has 0 atom stereocenters. The number of halogens is 3. The Morgan fingerprint density at radius 1 is 1.29 bits per heavy atom. The molecule has 1 N–H and O–H groups in total. The summed E-state index contributed by atoms with van der Waals surface area (Å²) in [6.45, 7) is 1.69. The topological polar surface area (TPSA) is 55.2 Å². The van der Waals surface area contributed by atoms with Crippen molar-refractivity contribution >= 4 is 27.3 Å². The molecule has 4 nitrogen and oxygen atoms in total. The number of hydrogen-bond acceptors (Lipinski definition) is 3. The first-order valence-electron chi connectivity index (χ1n) is 6.01. The zero-order valence-corrected chi connectivity index (χ0v) is 12.6. The largest absolute Gasteiger partial charge is 0.376 e. The van der Waals surface area contributed by atoms with Gasteiger partial charge < -0.3 is 5.32 Å². The number of nitrogens with zero attached hydrogens (tertiary/aromatic N) is 1. The molecule has 0 bridgehead atoms. The molecule has 0 aromatic heterocycles. The quantitative estimate of drug-likeness (QED) is 0.645. The summed E-state index contributed by atoms with van der Waals surface area (Å²) in [5.41, 5.74) is 0.786. The Balaban J connectivity index is 2.25. The van der Waals surface area contributed by atoms with Crippen LogP contribution in [0.25, 0.3) is 0 Å². The molecule has 0 aliphatic carbocycles. The number of nitro benzene ring substituents is 1. The molecular weight excluding hydrogens is 346 g/mol. The van der Waals surface area contributed by atoms with Gasteiger partial charge >= 0.3 is 0 Å². The highest BCUT2D eigenvalue weighted by Crippen LogP contribution is 2.26.